The summed E-state index contributed by atoms with van der Waals surface area (Å²) < 4.78 is 16.1. The van der Waals surface area contributed by atoms with Gasteiger partial charge in [0.05, 0.1) is 27.1 Å². The van der Waals surface area contributed by atoms with Crippen molar-refractivity contribution >= 4 is 17.7 Å². The lowest BCUT2D eigenvalue weighted by Crippen LogP contribution is -2.30. The number of methoxy groups -OCH3 is 3. The molecule has 1 heterocycles. The monoisotopic (exact) mass is 373 g/mol. The van der Waals surface area contributed by atoms with E-state index in [1.807, 2.05) is 47.4 Å². The first-order valence-corrected chi connectivity index (χ1v) is 9.47. The SMILES string of the molecule is COc1ccc(CCN2C(=O)CSC2c2ccccc2OC)cc1OC. The van der Waals surface area contributed by atoms with E-state index in [1.54, 1.807) is 33.1 Å². The van der Waals surface area contributed by atoms with Gasteiger partial charge in [0.25, 0.3) is 0 Å². The van der Waals surface area contributed by atoms with Crippen LogP contribution >= 0.6 is 11.8 Å². The van der Waals surface area contributed by atoms with Gasteiger partial charge in [0, 0.05) is 12.1 Å². The number of nitrogens with zero attached hydrogens (tertiary/aromatic N) is 1. The molecule has 0 aliphatic carbocycles. The Morgan fingerprint density at radius 2 is 1.73 bits per heavy atom. The van der Waals surface area contributed by atoms with E-state index in [2.05, 4.69) is 0 Å². The molecule has 0 N–H and O–H groups in total. The Labute approximate surface area is 158 Å². The highest BCUT2D eigenvalue weighted by molar-refractivity contribution is 8.00. The van der Waals surface area contributed by atoms with Crippen LogP contribution in [0.5, 0.6) is 17.2 Å². The van der Waals surface area contributed by atoms with Crippen molar-refractivity contribution in [2.45, 2.75) is 11.8 Å². The number of benzene rings is 2. The molecule has 1 aliphatic rings. The first-order chi connectivity index (χ1) is 12.7. The number of hydrogen-bond acceptors (Lipinski definition) is 5. The van der Waals surface area contributed by atoms with Gasteiger partial charge in [0.1, 0.15) is 11.1 Å². The van der Waals surface area contributed by atoms with Crippen molar-refractivity contribution < 1.29 is 19.0 Å². The van der Waals surface area contributed by atoms with E-state index in [0.717, 1.165) is 23.3 Å². The second kappa shape index (κ2) is 8.36. The van der Waals surface area contributed by atoms with Crippen LogP contribution in [0.1, 0.15) is 16.5 Å². The van der Waals surface area contributed by atoms with Crippen molar-refractivity contribution in [3.8, 4) is 17.2 Å². The minimum Gasteiger partial charge on any atom is -0.496 e. The third-order valence-electron chi connectivity index (χ3n) is 4.46. The quantitative estimate of drug-likeness (QED) is 0.743. The Hall–Kier alpha value is -2.34. The molecule has 1 unspecified atom stereocenters. The highest BCUT2D eigenvalue weighted by Crippen LogP contribution is 2.42. The summed E-state index contributed by atoms with van der Waals surface area (Å²) in [6.45, 7) is 0.643. The van der Waals surface area contributed by atoms with Crippen molar-refractivity contribution in [1.29, 1.82) is 0 Å². The van der Waals surface area contributed by atoms with Crippen molar-refractivity contribution in [2.24, 2.45) is 0 Å². The van der Waals surface area contributed by atoms with Gasteiger partial charge in [-0.05, 0) is 30.2 Å². The number of rotatable bonds is 7. The molecule has 3 rings (SSSR count). The normalized spacial score (nSPS) is 16.7. The number of amides is 1. The molecule has 1 atom stereocenters. The molecule has 6 heteroatoms. The van der Waals surface area contributed by atoms with Crippen LogP contribution in [0.15, 0.2) is 42.5 Å². The van der Waals surface area contributed by atoms with Crippen LogP contribution in [-0.2, 0) is 11.2 Å². The number of thioether (sulfide) groups is 1. The minimum absolute atomic E-state index is 0.0150. The molecule has 2 aromatic carbocycles. The van der Waals surface area contributed by atoms with Crippen LogP contribution in [0.25, 0.3) is 0 Å². The molecule has 1 fully saturated rings. The van der Waals surface area contributed by atoms with Gasteiger partial charge in [0.15, 0.2) is 11.5 Å². The summed E-state index contributed by atoms with van der Waals surface area (Å²) in [4.78, 5) is 14.4. The van der Waals surface area contributed by atoms with Gasteiger partial charge in [-0.25, -0.2) is 0 Å². The van der Waals surface area contributed by atoms with Crippen LogP contribution in [0.3, 0.4) is 0 Å². The van der Waals surface area contributed by atoms with E-state index in [0.29, 0.717) is 23.8 Å². The van der Waals surface area contributed by atoms with Crippen LogP contribution in [0, 0.1) is 0 Å². The molecule has 138 valence electrons. The summed E-state index contributed by atoms with van der Waals surface area (Å²) in [6.07, 6.45) is 0.748. The van der Waals surface area contributed by atoms with E-state index in [1.165, 1.54) is 0 Å². The Kier molecular flexibility index (Phi) is 5.93. The van der Waals surface area contributed by atoms with Crippen molar-refractivity contribution in [2.75, 3.05) is 33.6 Å². The maximum Gasteiger partial charge on any atom is 0.233 e. The zero-order valence-corrected chi connectivity index (χ0v) is 16.0. The molecule has 1 amide bonds. The average Bonchev–Trinajstić information content (AvgIpc) is 3.06. The highest BCUT2D eigenvalue weighted by atomic mass is 32.2. The standard InChI is InChI=1S/C20H23NO4S/c1-23-16-7-5-4-6-15(16)20-21(19(22)13-26-20)11-10-14-8-9-17(24-2)18(12-14)25-3/h4-9,12,20H,10-11,13H2,1-3H3. The third-order valence-corrected chi connectivity index (χ3v) is 5.70. The lowest BCUT2D eigenvalue weighted by atomic mass is 10.1. The van der Waals surface area contributed by atoms with Crippen LogP contribution in [0.4, 0.5) is 0 Å². The molecule has 26 heavy (non-hydrogen) atoms. The Balaban J connectivity index is 1.76. The molecule has 0 saturated carbocycles. The van der Waals surface area contributed by atoms with Crippen molar-refractivity contribution in [3.05, 3.63) is 53.6 Å². The topological polar surface area (TPSA) is 48.0 Å². The van der Waals surface area contributed by atoms with Gasteiger partial charge < -0.3 is 19.1 Å². The van der Waals surface area contributed by atoms with Crippen LogP contribution in [0.2, 0.25) is 0 Å². The first-order valence-electron chi connectivity index (χ1n) is 8.42. The van der Waals surface area contributed by atoms with Gasteiger partial charge in [-0.1, -0.05) is 24.3 Å². The lowest BCUT2D eigenvalue weighted by Gasteiger charge is -2.25. The fourth-order valence-electron chi connectivity index (χ4n) is 3.11. The summed E-state index contributed by atoms with van der Waals surface area (Å²) in [5, 5.41) is -0.0150. The van der Waals surface area contributed by atoms with Gasteiger partial charge in [0.2, 0.25) is 5.91 Å². The maximum absolute atomic E-state index is 12.4. The van der Waals surface area contributed by atoms with E-state index in [4.69, 9.17) is 14.2 Å². The van der Waals surface area contributed by atoms with E-state index < -0.39 is 0 Å². The highest BCUT2D eigenvalue weighted by Gasteiger charge is 2.34. The fourth-order valence-corrected chi connectivity index (χ4v) is 4.35. The van der Waals surface area contributed by atoms with E-state index >= 15 is 0 Å². The molecular weight excluding hydrogens is 350 g/mol. The molecule has 0 bridgehead atoms. The van der Waals surface area contributed by atoms with Crippen molar-refractivity contribution in [3.63, 3.8) is 0 Å². The molecular formula is C20H23NO4S. The summed E-state index contributed by atoms with van der Waals surface area (Å²) in [5.41, 5.74) is 2.14. The molecule has 0 radical (unpaired) electrons. The van der Waals surface area contributed by atoms with Crippen LogP contribution < -0.4 is 14.2 Å². The van der Waals surface area contributed by atoms with E-state index in [9.17, 15) is 4.79 Å². The molecule has 0 aromatic heterocycles. The largest absolute Gasteiger partial charge is 0.496 e. The van der Waals surface area contributed by atoms with Gasteiger partial charge >= 0.3 is 0 Å². The molecule has 2 aromatic rings. The third kappa shape index (κ3) is 3.75. The summed E-state index contributed by atoms with van der Waals surface area (Å²) in [6, 6.07) is 13.7. The van der Waals surface area contributed by atoms with Crippen molar-refractivity contribution in [1.82, 2.24) is 4.90 Å². The Bertz CT molecular complexity index is 780. The fraction of sp³-hybridized carbons (Fsp3) is 0.350. The number of para-hydroxylation sites is 1. The molecule has 5 nitrogen and oxygen atoms in total. The predicted octanol–water partition coefficient (Wildman–Crippen LogP) is 3.53. The van der Waals surface area contributed by atoms with Gasteiger partial charge in [-0.3, -0.25) is 4.79 Å². The summed E-state index contributed by atoms with van der Waals surface area (Å²) in [5.74, 6) is 2.88. The zero-order chi connectivity index (χ0) is 18.5. The minimum atomic E-state index is -0.0150. The lowest BCUT2D eigenvalue weighted by molar-refractivity contribution is -0.128. The first kappa shape index (κ1) is 18.5. The van der Waals surface area contributed by atoms with Gasteiger partial charge in [-0.15, -0.1) is 11.8 Å². The predicted molar refractivity (Wildman–Crippen MR) is 103 cm³/mol. The average molecular weight is 373 g/mol. The van der Waals surface area contributed by atoms with Crippen LogP contribution in [-0.4, -0.2) is 44.4 Å². The molecule has 1 saturated heterocycles. The van der Waals surface area contributed by atoms with E-state index in [-0.39, 0.29) is 11.3 Å². The number of ether oxygens (including phenoxy) is 3. The number of hydrogen-bond donors (Lipinski definition) is 0. The number of carbonyl (C=O) groups is 1. The second-order valence-electron chi connectivity index (χ2n) is 5.93. The summed E-state index contributed by atoms with van der Waals surface area (Å²) in [7, 11) is 4.91. The smallest absolute Gasteiger partial charge is 0.233 e. The Morgan fingerprint density at radius 3 is 2.46 bits per heavy atom. The second-order valence-corrected chi connectivity index (χ2v) is 7.00. The Morgan fingerprint density at radius 1 is 1.00 bits per heavy atom. The van der Waals surface area contributed by atoms with Gasteiger partial charge in [-0.2, -0.15) is 0 Å². The molecule has 1 aliphatic heterocycles. The maximum atomic E-state index is 12.4. The zero-order valence-electron chi connectivity index (χ0n) is 15.2. The number of carbonyl (C=O) groups excluding carboxylic acids is 1. The molecule has 0 spiro atoms. The summed E-state index contributed by atoms with van der Waals surface area (Å²) >= 11 is 1.64.